The van der Waals surface area contributed by atoms with Crippen LogP contribution in [0.3, 0.4) is 0 Å². The summed E-state index contributed by atoms with van der Waals surface area (Å²) < 4.78 is 0. The van der Waals surface area contributed by atoms with Gasteiger partial charge in [0.1, 0.15) is 5.69 Å². The highest BCUT2D eigenvalue weighted by atomic mass is 16.6. The van der Waals surface area contributed by atoms with Crippen LogP contribution in [0.25, 0.3) is 0 Å². The summed E-state index contributed by atoms with van der Waals surface area (Å²) in [6, 6.07) is 4.84. The molecule has 2 amide bonds. The number of piperazine rings is 1. The molecule has 1 aliphatic heterocycles. The minimum absolute atomic E-state index is 0.0136. The number of nitrogens with zero attached hydrogens (tertiary/aromatic N) is 3. The van der Waals surface area contributed by atoms with Crippen molar-refractivity contribution < 1.29 is 14.5 Å². The van der Waals surface area contributed by atoms with Crippen LogP contribution in [0.1, 0.15) is 55.8 Å². The summed E-state index contributed by atoms with van der Waals surface area (Å²) in [7, 11) is 0. The number of anilines is 1. The lowest BCUT2D eigenvalue weighted by Crippen LogP contribution is -2.48. The molecule has 0 radical (unpaired) electrons. The number of nitro groups is 1. The number of nitrogens with one attached hydrogen (secondary N) is 1. The second kappa shape index (κ2) is 9.03. The molecule has 1 aromatic rings. The van der Waals surface area contributed by atoms with Gasteiger partial charge in [-0.25, -0.2) is 0 Å². The molecule has 2 fully saturated rings. The average Bonchev–Trinajstić information content (AvgIpc) is 2.96. The second-order valence-electron chi connectivity index (χ2n) is 7.62. The summed E-state index contributed by atoms with van der Waals surface area (Å²) >= 11 is 0. The molecule has 2 aliphatic rings. The van der Waals surface area contributed by atoms with E-state index in [0.29, 0.717) is 37.4 Å². The minimum atomic E-state index is -0.435. The standard InChI is InChI=1S/C20H28N4O4/c1-15(25)22-10-12-23(13-11-22)18-9-8-16(14-19(18)24(27)28)20(26)21-17-6-4-2-3-5-7-17/h8-9,14,17H,2-7,10-13H2,1H3,(H,21,26). The van der Waals surface area contributed by atoms with Crippen molar-refractivity contribution in [2.24, 2.45) is 0 Å². The molecule has 0 unspecified atom stereocenters. The number of carbonyl (C=O) groups is 2. The largest absolute Gasteiger partial charge is 0.362 e. The van der Waals surface area contributed by atoms with E-state index in [-0.39, 0.29) is 23.5 Å². The smallest absolute Gasteiger partial charge is 0.293 e. The fourth-order valence-corrected chi connectivity index (χ4v) is 4.03. The number of carbonyl (C=O) groups excluding carboxylic acids is 2. The maximum atomic E-state index is 12.6. The molecule has 152 valence electrons. The molecule has 1 N–H and O–H groups in total. The van der Waals surface area contributed by atoms with E-state index in [2.05, 4.69) is 5.32 Å². The molecular weight excluding hydrogens is 360 g/mol. The van der Waals surface area contributed by atoms with Gasteiger partial charge < -0.3 is 15.1 Å². The summed E-state index contributed by atoms with van der Waals surface area (Å²) in [6.45, 7) is 3.68. The molecule has 28 heavy (non-hydrogen) atoms. The van der Waals surface area contributed by atoms with Crippen LogP contribution in [0.4, 0.5) is 11.4 Å². The van der Waals surface area contributed by atoms with E-state index in [0.717, 1.165) is 25.7 Å². The molecule has 0 bridgehead atoms. The van der Waals surface area contributed by atoms with Crippen LogP contribution >= 0.6 is 0 Å². The van der Waals surface area contributed by atoms with Crippen molar-refractivity contribution in [3.05, 3.63) is 33.9 Å². The van der Waals surface area contributed by atoms with E-state index < -0.39 is 4.92 Å². The summed E-state index contributed by atoms with van der Waals surface area (Å²) in [6.07, 6.45) is 6.54. The predicted molar refractivity (Wildman–Crippen MR) is 107 cm³/mol. The fourth-order valence-electron chi connectivity index (χ4n) is 4.03. The Morgan fingerprint density at radius 1 is 1.07 bits per heavy atom. The van der Waals surface area contributed by atoms with Gasteiger partial charge in [-0.2, -0.15) is 0 Å². The van der Waals surface area contributed by atoms with Crippen LogP contribution in [-0.2, 0) is 4.79 Å². The van der Waals surface area contributed by atoms with Crippen LogP contribution in [0.15, 0.2) is 18.2 Å². The van der Waals surface area contributed by atoms with Crippen LogP contribution in [0.5, 0.6) is 0 Å². The van der Waals surface area contributed by atoms with Gasteiger partial charge in [-0.3, -0.25) is 19.7 Å². The highest BCUT2D eigenvalue weighted by molar-refractivity contribution is 5.96. The van der Waals surface area contributed by atoms with Gasteiger partial charge in [-0.05, 0) is 25.0 Å². The predicted octanol–water partition coefficient (Wildman–Crippen LogP) is 2.72. The van der Waals surface area contributed by atoms with Crippen molar-refractivity contribution in [3.8, 4) is 0 Å². The van der Waals surface area contributed by atoms with Crippen LogP contribution in [0, 0.1) is 10.1 Å². The van der Waals surface area contributed by atoms with Crippen molar-refractivity contribution >= 4 is 23.2 Å². The first-order valence-corrected chi connectivity index (χ1v) is 10.1. The first-order chi connectivity index (χ1) is 13.5. The molecule has 8 heteroatoms. The Kier molecular flexibility index (Phi) is 6.49. The fraction of sp³-hybridized carbons (Fsp3) is 0.600. The zero-order valence-electron chi connectivity index (χ0n) is 16.4. The third-order valence-electron chi connectivity index (χ3n) is 5.69. The molecule has 0 spiro atoms. The van der Waals surface area contributed by atoms with E-state index in [4.69, 9.17) is 0 Å². The van der Waals surface area contributed by atoms with Crippen LogP contribution < -0.4 is 10.2 Å². The Labute approximate surface area is 165 Å². The Morgan fingerprint density at radius 3 is 2.29 bits per heavy atom. The summed E-state index contributed by atoms with van der Waals surface area (Å²) in [4.78, 5) is 38.9. The third-order valence-corrected chi connectivity index (χ3v) is 5.69. The molecule has 0 aromatic heterocycles. The Morgan fingerprint density at radius 2 is 1.71 bits per heavy atom. The molecule has 1 aromatic carbocycles. The van der Waals surface area contributed by atoms with E-state index in [9.17, 15) is 19.7 Å². The first kappa shape index (κ1) is 20.1. The van der Waals surface area contributed by atoms with Crippen molar-refractivity contribution in [1.82, 2.24) is 10.2 Å². The summed E-state index contributed by atoms with van der Waals surface area (Å²) in [5, 5.41) is 14.7. The molecule has 0 atom stereocenters. The van der Waals surface area contributed by atoms with E-state index in [1.807, 2.05) is 4.90 Å². The van der Waals surface area contributed by atoms with Gasteiger partial charge in [0, 0.05) is 50.8 Å². The second-order valence-corrected chi connectivity index (χ2v) is 7.62. The van der Waals surface area contributed by atoms with Crippen molar-refractivity contribution in [3.63, 3.8) is 0 Å². The van der Waals surface area contributed by atoms with E-state index in [1.165, 1.54) is 25.8 Å². The zero-order chi connectivity index (χ0) is 20.1. The summed E-state index contributed by atoms with van der Waals surface area (Å²) in [5.74, 6) is -0.234. The van der Waals surface area contributed by atoms with Gasteiger partial charge in [0.15, 0.2) is 0 Å². The molecule has 1 aliphatic carbocycles. The number of hydrogen-bond acceptors (Lipinski definition) is 5. The lowest BCUT2D eigenvalue weighted by atomic mass is 10.1. The lowest BCUT2D eigenvalue weighted by Gasteiger charge is -2.35. The van der Waals surface area contributed by atoms with Crippen LogP contribution in [-0.4, -0.2) is 53.9 Å². The van der Waals surface area contributed by atoms with E-state index >= 15 is 0 Å². The normalized spacial score (nSPS) is 18.5. The molecular formula is C20H28N4O4. The van der Waals surface area contributed by atoms with Gasteiger partial charge >= 0.3 is 0 Å². The Balaban J connectivity index is 1.73. The Hall–Kier alpha value is -2.64. The third kappa shape index (κ3) is 4.79. The minimum Gasteiger partial charge on any atom is -0.362 e. The molecule has 1 heterocycles. The van der Waals surface area contributed by atoms with Gasteiger partial charge in [-0.1, -0.05) is 25.7 Å². The van der Waals surface area contributed by atoms with Crippen molar-refractivity contribution in [2.75, 3.05) is 31.1 Å². The monoisotopic (exact) mass is 388 g/mol. The van der Waals surface area contributed by atoms with Crippen LogP contribution in [0.2, 0.25) is 0 Å². The first-order valence-electron chi connectivity index (χ1n) is 10.1. The highest BCUT2D eigenvalue weighted by Crippen LogP contribution is 2.30. The quantitative estimate of drug-likeness (QED) is 0.486. The maximum Gasteiger partial charge on any atom is 0.293 e. The number of rotatable bonds is 4. The molecule has 3 rings (SSSR count). The zero-order valence-corrected chi connectivity index (χ0v) is 16.4. The average molecular weight is 388 g/mol. The lowest BCUT2D eigenvalue weighted by molar-refractivity contribution is -0.384. The summed E-state index contributed by atoms with van der Waals surface area (Å²) in [5.41, 5.74) is 0.756. The van der Waals surface area contributed by atoms with Gasteiger partial charge in [0.25, 0.3) is 11.6 Å². The SMILES string of the molecule is CC(=O)N1CCN(c2ccc(C(=O)NC3CCCCCC3)cc2[N+](=O)[O-])CC1. The van der Waals surface area contributed by atoms with Crippen molar-refractivity contribution in [1.29, 1.82) is 0 Å². The van der Waals surface area contributed by atoms with Crippen molar-refractivity contribution in [2.45, 2.75) is 51.5 Å². The highest BCUT2D eigenvalue weighted by Gasteiger charge is 2.26. The molecule has 8 nitrogen and oxygen atoms in total. The number of benzene rings is 1. The maximum absolute atomic E-state index is 12.6. The molecule has 1 saturated carbocycles. The molecule has 1 saturated heterocycles. The van der Waals surface area contributed by atoms with E-state index in [1.54, 1.807) is 17.0 Å². The number of amides is 2. The van der Waals surface area contributed by atoms with Gasteiger partial charge in [-0.15, -0.1) is 0 Å². The number of nitro benzene ring substituents is 1. The topological polar surface area (TPSA) is 95.8 Å². The Bertz CT molecular complexity index is 736. The number of hydrogen-bond donors (Lipinski definition) is 1. The van der Waals surface area contributed by atoms with Gasteiger partial charge in [0.2, 0.25) is 5.91 Å². The van der Waals surface area contributed by atoms with Gasteiger partial charge in [0.05, 0.1) is 4.92 Å².